The van der Waals surface area contributed by atoms with Gasteiger partial charge in [0.1, 0.15) is 0 Å². The number of likely N-dealkylation sites (tertiary alicyclic amines) is 1. The number of halogens is 3. The van der Waals surface area contributed by atoms with Crippen LogP contribution in [0.3, 0.4) is 0 Å². The summed E-state index contributed by atoms with van der Waals surface area (Å²) in [6, 6.07) is 0.437. The van der Waals surface area contributed by atoms with Gasteiger partial charge in [-0.25, -0.2) is 0 Å². The van der Waals surface area contributed by atoms with E-state index < -0.39 is 12.7 Å². The van der Waals surface area contributed by atoms with Gasteiger partial charge in [0, 0.05) is 23.8 Å². The molecule has 0 spiro atoms. The lowest BCUT2D eigenvalue weighted by molar-refractivity contribution is -0.148. The number of hydrogen-bond donors (Lipinski definition) is 2. The summed E-state index contributed by atoms with van der Waals surface area (Å²) in [6.07, 6.45) is 0.994. The minimum Gasteiger partial charge on any atom is -0.307 e. The predicted octanol–water partition coefficient (Wildman–Crippen LogP) is 2.09. The fourth-order valence-electron chi connectivity index (χ4n) is 2.46. The van der Waals surface area contributed by atoms with Gasteiger partial charge in [-0.2, -0.15) is 18.3 Å². The third-order valence-electron chi connectivity index (χ3n) is 3.50. The molecule has 108 valence electrons. The first-order valence-corrected chi connectivity index (χ1v) is 6.48. The van der Waals surface area contributed by atoms with Crippen LogP contribution in [0.1, 0.15) is 31.4 Å². The summed E-state index contributed by atoms with van der Waals surface area (Å²) < 4.78 is 36.8. The fourth-order valence-corrected chi connectivity index (χ4v) is 2.46. The van der Waals surface area contributed by atoms with Crippen molar-refractivity contribution in [2.24, 2.45) is 0 Å². The molecule has 4 nitrogen and oxygen atoms in total. The fraction of sp³-hybridized carbons (Fsp3) is 0.750. The molecule has 1 unspecified atom stereocenters. The molecule has 0 bridgehead atoms. The lowest BCUT2D eigenvalue weighted by Crippen LogP contribution is -2.46. The van der Waals surface area contributed by atoms with E-state index in [0.717, 1.165) is 18.4 Å². The Morgan fingerprint density at radius 2 is 2.16 bits per heavy atom. The van der Waals surface area contributed by atoms with Crippen molar-refractivity contribution in [3.63, 3.8) is 0 Å². The number of aromatic amines is 1. The van der Waals surface area contributed by atoms with Crippen molar-refractivity contribution in [1.82, 2.24) is 20.4 Å². The Hall–Kier alpha value is -1.08. The maximum atomic E-state index is 12.3. The minimum atomic E-state index is -4.09. The maximum absolute atomic E-state index is 12.3. The Bertz CT molecular complexity index is 369. The van der Waals surface area contributed by atoms with Crippen LogP contribution in [-0.2, 0) is 0 Å². The van der Waals surface area contributed by atoms with Crippen molar-refractivity contribution in [3.8, 4) is 0 Å². The number of alkyl halides is 3. The first kappa shape index (κ1) is 14.3. The van der Waals surface area contributed by atoms with Crippen LogP contribution in [0.4, 0.5) is 13.2 Å². The van der Waals surface area contributed by atoms with Crippen molar-refractivity contribution in [1.29, 1.82) is 0 Å². The smallest absolute Gasteiger partial charge is 0.307 e. The van der Waals surface area contributed by atoms with E-state index in [1.165, 1.54) is 4.90 Å². The molecule has 1 saturated heterocycles. The highest BCUT2D eigenvalue weighted by Crippen LogP contribution is 2.21. The largest absolute Gasteiger partial charge is 0.401 e. The quantitative estimate of drug-likeness (QED) is 0.885. The molecule has 0 radical (unpaired) electrons. The summed E-state index contributed by atoms with van der Waals surface area (Å²) in [5.41, 5.74) is 1.07. The first-order valence-electron chi connectivity index (χ1n) is 6.48. The van der Waals surface area contributed by atoms with E-state index in [9.17, 15) is 13.2 Å². The van der Waals surface area contributed by atoms with E-state index in [2.05, 4.69) is 15.5 Å². The van der Waals surface area contributed by atoms with Gasteiger partial charge in [0.25, 0.3) is 0 Å². The molecule has 7 heteroatoms. The molecule has 19 heavy (non-hydrogen) atoms. The van der Waals surface area contributed by atoms with E-state index in [1.54, 1.807) is 6.20 Å². The van der Waals surface area contributed by atoms with Crippen LogP contribution in [0.2, 0.25) is 0 Å². The molecule has 1 fully saturated rings. The second kappa shape index (κ2) is 5.92. The van der Waals surface area contributed by atoms with Gasteiger partial charge in [0.2, 0.25) is 0 Å². The van der Waals surface area contributed by atoms with Gasteiger partial charge < -0.3 is 5.32 Å². The summed E-state index contributed by atoms with van der Waals surface area (Å²) in [4.78, 5) is 1.47. The van der Waals surface area contributed by atoms with Crippen LogP contribution >= 0.6 is 0 Å². The summed E-state index contributed by atoms with van der Waals surface area (Å²) in [5.74, 6) is 0. The van der Waals surface area contributed by atoms with Crippen LogP contribution < -0.4 is 5.32 Å². The van der Waals surface area contributed by atoms with Crippen LogP contribution in [0, 0.1) is 0 Å². The molecular weight excluding hydrogens is 257 g/mol. The normalized spacial score (nSPS) is 20.6. The van der Waals surface area contributed by atoms with Crippen molar-refractivity contribution in [2.75, 3.05) is 19.6 Å². The average Bonchev–Trinajstić information content (AvgIpc) is 2.83. The van der Waals surface area contributed by atoms with Gasteiger partial charge in [0.15, 0.2) is 0 Å². The molecule has 1 aromatic rings. The lowest BCUT2D eigenvalue weighted by Gasteiger charge is -2.34. The van der Waals surface area contributed by atoms with E-state index in [0.29, 0.717) is 13.1 Å². The highest BCUT2D eigenvalue weighted by atomic mass is 19.4. The standard InChI is InChI=1S/C12H19F3N4/c1-9(10-6-16-17-7-10)18-11-2-4-19(5-3-11)8-12(13,14)15/h6-7,9,11,18H,2-5,8H2,1H3,(H,16,17). The lowest BCUT2D eigenvalue weighted by atomic mass is 10.0. The molecule has 2 N–H and O–H groups in total. The van der Waals surface area contributed by atoms with Gasteiger partial charge in [-0.15, -0.1) is 0 Å². The van der Waals surface area contributed by atoms with Gasteiger partial charge in [-0.05, 0) is 32.9 Å². The van der Waals surface area contributed by atoms with E-state index >= 15 is 0 Å². The Labute approximate surface area is 110 Å². The second-order valence-electron chi connectivity index (χ2n) is 5.09. The van der Waals surface area contributed by atoms with E-state index in [-0.39, 0.29) is 12.1 Å². The highest BCUT2D eigenvalue weighted by molar-refractivity contribution is 5.08. The number of nitrogens with one attached hydrogen (secondary N) is 2. The van der Waals surface area contributed by atoms with Crippen LogP contribution in [0.5, 0.6) is 0 Å². The topological polar surface area (TPSA) is 44.0 Å². The molecule has 0 aromatic carbocycles. The van der Waals surface area contributed by atoms with Gasteiger partial charge >= 0.3 is 6.18 Å². The number of hydrogen-bond acceptors (Lipinski definition) is 3. The Kier molecular flexibility index (Phi) is 4.46. The number of aromatic nitrogens is 2. The highest BCUT2D eigenvalue weighted by Gasteiger charge is 2.32. The van der Waals surface area contributed by atoms with Crippen molar-refractivity contribution in [3.05, 3.63) is 18.0 Å². The van der Waals surface area contributed by atoms with Crippen molar-refractivity contribution in [2.45, 2.75) is 38.0 Å². The van der Waals surface area contributed by atoms with Gasteiger partial charge in [-0.1, -0.05) is 0 Å². The summed E-state index contributed by atoms with van der Waals surface area (Å²) in [6.45, 7) is 2.23. The third-order valence-corrected chi connectivity index (χ3v) is 3.50. The van der Waals surface area contributed by atoms with Gasteiger partial charge in [-0.3, -0.25) is 10.00 Å². The molecule has 0 amide bonds. The summed E-state index contributed by atoms with van der Waals surface area (Å²) >= 11 is 0. The number of nitrogens with zero attached hydrogens (tertiary/aromatic N) is 2. The van der Waals surface area contributed by atoms with Crippen LogP contribution in [0.15, 0.2) is 12.4 Å². The molecule has 2 heterocycles. The zero-order valence-electron chi connectivity index (χ0n) is 10.9. The predicted molar refractivity (Wildman–Crippen MR) is 65.7 cm³/mol. The molecule has 2 rings (SSSR count). The number of H-pyrrole nitrogens is 1. The number of piperidine rings is 1. The Balaban J connectivity index is 1.74. The summed E-state index contributed by atoms with van der Waals surface area (Å²) in [5, 5.41) is 10.1. The second-order valence-corrected chi connectivity index (χ2v) is 5.09. The first-order chi connectivity index (χ1) is 8.94. The molecule has 0 saturated carbocycles. The third kappa shape index (κ3) is 4.50. The zero-order chi connectivity index (χ0) is 13.9. The molecule has 1 aliphatic heterocycles. The summed E-state index contributed by atoms with van der Waals surface area (Å²) in [7, 11) is 0. The monoisotopic (exact) mass is 276 g/mol. The van der Waals surface area contributed by atoms with Gasteiger partial charge in [0.05, 0.1) is 12.7 Å². The minimum absolute atomic E-state index is 0.165. The Morgan fingerprint density at radius 1 is 1.47 bits per heavy atom. The molecular formula is C12H19F3N4. The van der Waals surface area contributed by atoms with Crippen LogP contribution in [0.25, 0.3) is 0 Å². The van der Waals surface area contributed by atoms with E-state index in [1.807, 2.05) is 13.1 Å². The maximum Gasteiger partial charge on any atom is 0.401 e. The molecule has 1 aliphatic rings. The molecule has 1 atom stereocenters. The van der Waals surface area contributed by atoms with Crippen LogP contribution in [-0.4, -0.2) is 46.9 Å². The van der Waals surface area contributed by atoms with E-state index in [4.69, 9.17) is 0 Å². The van der Waals surface area contributed by atoms with Crippen molar-refractivity contribution >= 4 is 0 Å². The zero-order valence-corrected chi connectivity index (χ0v) is 10.9. The molecule has 0 aliphatic carbocycles. The number of rotatable bonds is 4. The van der Waals surface area contributed by atoms with Crippen molar-refractivity contribution < 1.29 is 13.2 Å². The molecule has 1 aromatic heterocycles. The Morgan fingerprint density at radius 3 is 2.68 bits per heavy atom. The SMILES string of the molecule is CC(NC1CCN(CC(F)(F)F)CC1)c1cn[nH]c1. The average molecular weight is 276 g/mol.